The maximum Gasteiger partial charge on any atom is 0.311 e. The standard InChI is InChI=1S/C19H17BrN2O5/c1-12-2-7-16(9-17(12)22(25)26)21-10-14(8-18(21)23)19(24)27-11-13-3-5-15(20)6-4-13/h2-7,9,14H,8,10-11H2,1H3. The van der Waals surface area contributed by atoms with Gasteiger partial charge in [0.2, 0.25) is 5.91 Å². The molecule has 1 heterocycles. The van der Waals surface area contributed by atoms with Crippen molar-refractivity contribution in [2.45, 2.75) is 20.0 Å². The minimum absolute atomic E-state index is 0.0286. The molecule has 2 aromatic rings. The maximum absolute atomic E-state index is 12.3. The molecule has 0 aromatic heterocycles. The van der Waals surface area contributed by atoms with Crippen LogP contribution in [0.3, 0.4) is 0 Å². The second-order valence-electron chi connectivity index (χ2n) is 6.37. The lowest BCUT2D eigenvalue weighted by molar-refractivity contribution is -0.385. The second-order valence-corrected chi connectivity index (χ2v) is 7.28. The van der Waals surface area contributed by atoms with E-state index in [4.69, 9.17) is 4.74 Å². The highest BCUT2D eigenvalue weighted by atomic mass is 79.9. The number of hydrogen-bond donors (Lipinski definition) is 0. The van der Waals surface area contributed by atoms with Crippen LogP contribution in [-0.4, -0.2) is 23.3 Å². The Morgan fingerprint density at radius 1 is 1.30 bits per heavy atom. The Bertz CT molecular complexity index is 897. The molecule has 1 fully saturated rings. The number of carbonyl (C=O) groups is 2. The number of nitro groups is 1. The molecule has 1 atom stereocenters. The Hall–Kier alpha value is -2.74. The van der Waals surface area contributed by atoms with Crippen LogP contribution in [-0.2, 0) is 20.9 Å². The molecule has 1 saturated heterocycles. The third kappa shape index (κ3) is 4.33. The third-order valence-corrected chi connectivity index (χ3v) is 4.98. The highest BCUT2D eigenvalue weighted by Gasteiger charge is 2.36. The van der Waals surface area contributed by atoms with Crippen molar-refractivity contribution < 1.29 is 19.2 Å². The van der Waals surface area contributed by atoms with Crippen molar-refractivity contribution in [2.24, 2.45) is 5.92 Å². The summed E-state index contributed by atoms with van der Waals surface area (Å²) in [5.41, 5.74) is 1.73. The summed E-state index contributed by atoms with van der Waals surface area (Å²) < 4.78 is 6.26. The SMILES string of the molecule is Cc1ccc(N2CC(C(=O)OCc3ccc(Br)cc3)CC2=O)cc1[N+](=O)[O-]. The zero-order valence-electron chi connectivity index (χ0n) is 14.6. The van der Waals surface area contributed by atoms with E-state index in [1.165, 1.54) is 11.0 Å². The van der Waals surface area contributed by atoms with E-state index in [9.17, 15) is 19.7 Å². The first-order valence-corrected chi connectivity index (χ1v) is 9.11. The van der Waals surface area contributed by atoms with Gasteiger partial charge in [0, 0.05) is 29.1 Å². The van der Waals surface area contributed by atoms with Gasteiger partial charge in [0.25, 0.3) is 5.69 Å². The van der Waals surface area contributed by atoms with Crippen molar-refractivity contribution in [2.75, 3.05) is 11.4 Å². The molecule has 2 aromatic carbocycles. The fourth-order valence-electron chi connectivity index (χ4n) is 2.93. The lowest BCUT2D eigenvalue weighted by Gasteiger charge is -2.17. The first-order chi connectivity index (χ1) is 12.8. The molecule has 0 bridgehead atoms. The third-order valence-electron chi connectivity index (χ3n) is 4.45. The predicted molar refractivity (Wildman–Crippen MR) is 102 cm³/mol. The average Bonchev–Trinajstić information content (AvgIpc) is 3.03. The van der Waals surface area contributed by atoms with Crippen molar-refractivity contribution >= 4 is 39.2 Å². The molecule has 7 nitrogen and oxygen atoms in total. The Morgan fingerprint density at radius 2 is 2.00 bits per heavy atom. The fourth-order valence-corrected chi connectivity index (χ4v) is 3.19. The molecule has 0 N–H and O–H groups in total. The van der Waals surface area contributed by atoms with Crippen LogP contribution in [0.4, 0.5) is 11.4 Å². The number of hydrogen-bond acceptors (Lipinski definition) is 5. The summed E-state index contributed by atoms with van der Waals surface area (Å²) in [4.78, 5) is 36.7. The Morgan fingerprint density at radius 3 is 2.67 bits per heavy atom. The number of amides is 1. The quantitative estimate of drug-likeness (QED) is 0.407. The van der Waals surface area contributed by atoms with E-state index in [0.717, 1.165) is 10.0 Å². The highest BCUT2D eigenvalue weighted by molar-refractivity contribution is 9.10. The minimum Gasteiger partial charge on any atom is -0.461 e. The number of anilines is 1. The number of ether oxygens (including phenoxy) is 1. The van der Waals surface area contributed by atoms with Crippen LogP contribution < -0.4 is 4.90 Å². The molecular weight excluding hydrogens is 416 g/mol. The van der Waals surface area contributed by atoms with Gasteiger partial charge in [0.1, 0.15) is 6.61 Å². The van der Waals surface area contributed by atoms with Crippen molar-refractivity contribution in [3.8, 4) is 0 Å². The Labute approximate surface area is 164 Å². The molecular formula is C19H17BrN2O5. The number of halogens is 1. The van der Waals surface area contributed by atoms with Crippen molar-refractivity contribution in [3.63, 3.8) is 0 Å². The monoisotopic (exact) mass is 432 g/mol. The number of nitro benzene ring substituents is 1. The molecule has 8 heteroatoms. The molecule has 0 saturated carbocycles. The lowest BCUT2D eigenvalue weighted by atomic mass is 10.1. The van der Waals surface area contributed by atoms with Crippen LogP contribution in [0.25, 0.3) is 0 Å². The van der Waals surface area contributed by atoms with Crippen LogP contribution in [0, 0.1) is 23.0 Å². The van der Waals surface area contributed by atoms with Crippen LogP contribution in [0.1, 0.15) is 17.5 Å². The molecule has 3 rings (SSSR count). The normalized spacial score (nSPS) is 16.4. The molecule has 27 heavy (non-hydrogen) atoms. The number of rotatable bonds is 5. The topological polar surface area (TPSA) is 89.8 Å². The predicted octanol–water partition coefficient (Wildman–Crippen LogP) is 3.76. The number of aryl methyl sites for hydroxylation is 1. The Kier molecular flexibility index (Phi) is 5.55. The van der Waals surface area contributed by atoms with Crippen LogP contribution >= 0.6 is 15.9 Å². The summed E-state index contributed by atoms with van der Waals surface area (Å²) in [5, 5.41) is 11.1. The molecule has 0 spiro atoms. The minimum atomic E-state index is -0.590. The van der Waals surface area contributed by atoms with E-state index in [1.807, 2.05) is 24.3 Å². The first kappa shape index (κ1) is 19.0. The summed E-state index contributed by atoms with van der Waals surface area (Å²) in [5.74, 6) is -1.29. The molecule has 0 aliphatic carbocycles. The van der Waals surface area contributed by atoms with Gasteiger partial charge in [-0.1, -0.05) is 34.1 Å². The van der Waals surface area contributed by atoms with Gasteiger partial charge in [0.15, 0.2) is 0 Å². The number of esters is 1. The second kappa shape index (κ2) is 7.87. The fraction of sp³-hybridized carbons (Fsp3) is 0.263. The first-order valence-electron chi connectivity index (χ1n) is 8.31. The summed E-state index contributed by atoms with van der Waals surface area (Å²) >= 11 is 3.34. The highest BCUT2D eigenvalue weighted by Crippen LogP contribution is 2.30. The van der Waals surface area contributed by atoms with Crippen molar-refractivity contribution in [1.29, 1.82) is 0 Å². The van der Waals surface area contributed by atoms with E-state index < -0.39 is 16.8 Å². The average molecular weight is 433 g/mol. The van der Waals surface area contributed by atoms with E-state index in [0.29, 0.717) is 11.3 Å². The molecule has 1 aliphatic heterocycles. The van der Waals surface area contributed by atoms with Gasteiger partial charge < -0.3 is 9.64 Å². The van der Waals surface area contributed by atoms with E-state index in [1.54, 1.807) is 19.1 Å². The summed E-state index contributed by atoms with van der Waals surface area (Å²) in [6, 6.07) is 12.0. The van der Waals surface area contributed by atoms with Crippen molar-refractivity contribution in [1.82, 2.24) is 0 Å². The smallest absolute Gasteiger partial charge is 0.311 e. The van der Waals surface area contributed by atoms with Gasteiger partial charge in [0.05, 0.1) is 16.5 Å². The van der Waals surface area contributed by atoms with E-state index in [2.05, 4.69) is 15.9 Å². The summed E-state index contributed by atoms with van der Waals surface area (Å²) in [6.07, 6.45) is 0.0286. The number of nitrogens with zero attached hydrogens (tertiary/aromatic N) is 2. The zero-order valence-corrected chi connectivity index (χ0v) is 16.1. The van der Waals surface area contributed by atoms with Crippen LogP contribution in [0.15, 0.2) is 46.9 Å². The van der Waals surface area contributed by atoms with Gasteiger partial charge in [-0.25, -0.2) is 0 Å². The molecule has 140 valence electrons. The van der Waals surface area contributed by atoms with Gasteiger partial charge in [-0.15, -0.1) is 0 Å². The largest absolute Gasteiger partial charge is 0.461 e. The maximum atomic E-state index is 12.3. The Balaban J connectivity index is 1.66. The molecule has 1 unspecified atom stereocenters. The molecule has 1 aliphatic rings. The van der Waals surface area contributed by atoms with Crippen LogP contribution in [0.2, 0.25) is 0 Å². The number of carbonyl (C=O) groups excluding carboxylic acids is 2. The summed E-state index contributed by atoms with van der Waals surface area (Å²) in [6.45, 7) is 1.92. The number of benzene rings is 2. The van der Waals surface area contributed by atoms with E-state index >= 15 is 0 Å². The van der Waals surface area contributed by atoms with Gasteiger partial charge in [-0.3, -0.25) is 19.7 Å². The zero-order chi connectivity index (χ0) is 19.6. The van der Waals surface area contributed by atoms with Gasteiger partial charge in [-0.05, 0) is 30.7 Å². The summed E-state index contributed by atoms with van der Waals surface area (Å²) in [7, 11) is 0. The molecule has 0 radical (unpaired) electrons. The van der Waals surface area contributed by atoms with Gasteiger partial charge >= 0.3 is 5.97 Å². The van der Waals surface area contributed by atoms with Crippen molar-refractivity contribution in [3.05, 3.63) is 68.2 Å². The lowest BCUT2D eigenvalue weighted by Crippen LogP contribution is -2.26. The van der Waals surface area contributed by atoms with Gasteiger partial charge in [-0.2, -0.15) is 0 Å². The molecule has 1 amide bonds. The van der Waals surface area contributed by atoms with Crippen LogP contribution in [0.5, 0.6) is 0 Å². The van der Waals surface area contributed by atoms with E-state index in [-0.39, 0.29) is 31.2 Å².